The molecule has 0 fully saturated rings. The minimum atomic E-state index is -0.824. The molecule has 1 N–H and O–H groups in total. The van der Waals surface area contributed by atoms with E-state index in [1.165, 1.54) is 0 Å². The number of hydrogen-bond donors (Lipinski definition) is 1. The van der Waals surface area contributed by atoms with Gasteiger partial charge in [-0.1, -0.05) is 0 Å². The fourth-order valence-corrected chi connectivity index (χ4v) is 1.13. The number of carbonyl (C=O) groups is 2. The molecule has 4 nitrogen and oxygen atoms in total. The molecule has 0 heterocycles. The van der Waals surface area contributed by atoms with E-state index in [1.54, 1.807) is 20.8 Å². The van der Waals surface area contributed by atoms with Crippen LogP contribution in [0.15, 0.2) is 18.2 Å². The Labute approximate surface area is 109 Å². The van der Waals surface area contributed by atoms with Crippen molar-refractivity contribution in [2.75, 3.05) is 6.54 Å². The van der Waals surface area contributed by atoms with Crippen LogP contribution in [-0.2, 0) is 9.63 Å². The van der Waals surface area contributed by atoms with E-state index in [9.17, 15) is 18.4 Å². The second-order valence-corrected chi connectivity index (χ2v) is 5.01. The summed E-state index contributed by atoms with van der Waals surface area (Å²) in [5, 5.41) is 0. The Morgan fingerprint density at radius 2 is 1.89 bits per heavy atom. The Morgan fingerprint density at radius 3 is 2.47 bits per heavy atom. The molecule has 0 radical (unpaired) electrons. The van der Waals surface area contributed by atoms with Gasteiger partial charge < -0.3 is 4.84 Å². The summed E-state index contributed by atoms with van der Waals surface area (Å²) in [5.41, 5.74) is 1.04. The summed E-state index contributed by atoms with van der Waals surface area (Å²) in [5.74, 6) is -2.80. The largest absolute Gasteiger partial charge is 0.370 e. The molecule has 6 heteroatoms. The summed E-state index contributed by atoms with van der Waals surface area (Å²) in [6, 6.07) is 2.58. The van der Waals surface area contributed by atoms with Gasteiger partial charge in [0.15, 0.2) is 5.78 Å². The molecule has 1 rings (SSSR count). The summed E-state index contributed by atoms with van der Waals surface area (Å²) >= 11 is 0. The minimum absolute atomic E-state index is 0.390. The first-order valence-electron chi connectivity index (χ1n) is 5.64. The highest BCUT2D eigenvalue weighted by Gasteiger charge is 2.23. The third kappa shape index (κ3) is 4.40. The summed E-state index contributed by atoms with van der Waals surface area (Å²) in [7, 11) is 0. The van der Waals surface area contributed by atoms with Gasteiger partial charge in [0.2, 0.25) is 0 Å². The SMILES string of the molecule is CC(C)(C)C(=O)ONCC(=O)c1cc(F)ccc1F. The maximum Gasteiger partial charge on any atom is 0.329 e. The molecule has 0 aliphatic rings. The van der Waals surface area contributed by atoms with E-state index in [0.29, 0.717) is 0 Å². The van der Waals surface area contributed by atoms with Crippen molar-refractivity contribution in [3.05, 3.63) is 35.4 Å². The topological polar surface area (TPSA) is 55.4 Å². The van der Waals surface area contributed by atoms with E-state index in [4.69, 9.17) is 0 Å². The number of ketones is 1. The molecule has 1 aromatic rings. The van der Waals surface area contributed by atoms with Crippen LogP contribution in [0.4, 0.5) is 8.78 Å². The predicted molar refractivity (Wildman–Crippen MR) is 64.2 cm³/mol. The van der Waals surface area contributed by atoms with Crippen LogP contribution in [0.5, 0.6) is 0 Å². The van der Waals surface area contributed by atoms with Gasteiger partial charge in [-0.15, -0.1) is 5.48 Å². The first-order valence-corrected chi connectivity index (χ1v) is 5.64. The highest BCUT2D eigenvalue weighted by atomic mass is 19.1. The Kier molecular flexibility index (Phi) is 4.72. The van der Waals surface area contributed by atoms with Crippen LogP contribution in [0.3, 0.4) is 0 Å². The van der Waals surface area contributed by atoms with Gasteiger partial charge in [-0.25, -0.2) is 13.6 Å². The average molecular weight is 271 g/mol. The summed E-state index contributed by atoms with van der Waals surface area (Å²) < 4.78 is 26.2. The Hall–Kier alpha value is -1.82. The number of benzene rings is 1. The zero-order valence-corrected chi connectivity index (χ0v) is 10.9. The molecule has 0 unspecified atom stereocenters. The molecule has 0 amide bonds. The van der Waals surface area contributed by atoms with Crippen molar-refractivity contribution in [3.63, 3.8) is 0 Å². The van der Waals surface area contributed by atoms with Crippen LogP contribution in [0, 0.1) is 17.0 Å². The second kappa shape index (κ2) is 5.88. The lowest BCUT2D eigenvalue weighted by Gasteiger charge is -2.16. The van der Waals surface area contributed by atoms with Crippen molar-refractivity contribution in [1.29, 1.82) is 0 Å². The molecule has 104 valence electrons. The fourth-order valence-electron chi connectivity index (χ4n) is 1.13. The first-order chi connectivity index (χ1) is 8.71. The smallest absolute Gasteiger partial charge is 0.329 e. The zero-order valence-electron chi connectivity index (χ0n) is 10.9. The molecule has 0 atom stereocenters. The number of hydroxylamine groups is 1. The summed E-state index contributed by atoms with van der Waals surface area (Å²) in [4.78, 5) is 27.6. The number of hydrogen-bond acceptors (Lipinski definition) is 4. The molecule has 0 aromatic heterocycles. The molecule has 0 saturated heterocycles. The molecule has 0 aliphatic carbocycles. The van der Waals surface area contributed by atoms with Gasteiger partial charge in [0, 0.05) is 0 Å². The average Bonchev–Trinajstić information content (AvgIpc) is 2.30. The molecule has 0 bridgehead atoms. The lowest BCUT2D eigenvalue weighted by molar-refractivity contribution is -0.160. The van der Waals surface area contributed by atoms with E-state index in [-0.39, 0.29) is 5.56 Å². The minimum Gasteiger partial charge on any atom is -0.370 e. The van der Waals surface area contributed by atoms with Crippen molar-refractivity contribution in [2.45, 2.75) is 20.8 Å². The van der Waals surface area contributed by atoms with Crippen molar-refractivity contribution >= 4 is 11.8 Å². The van der Waals surface area contributed by atoms with Gasteiger partial charge in [-0.05, 0) is 39.0 Å². The molecular formula is C13H15F2NO3. The standard InChI is InChI=1S/C13H15F2NO3/c1-13(2,3)12(18)19-16-7-11(17)9-6-8(14)4-5-10(9)15/h4-6,16H,7H2,1-3H3. The zero-order chi connectivity index (χ0) is 14.6. The normalized spacial score (nSPS) is 11.2. The van der Waals surface area contributed by atoms with Crippen LogP contribution in [0.2, 0.25) is 0 Å². The molecular weight excluding hydrogens is 256 g/mol. The van der Waals surface area contributed by atoms with Crippen LogP contribution < -0.4 is 5.48 Å². The molecule has 0 spiro atoms. The van der Waals surface area contributed by atoms with E-state index in [1.807, 2.05) is 0 Å². The van der Waals surface area contributed by atoms with Crippen LogP contribution in [-0.4, -0.2) is 18.3 Å². The number of nitrogens with one attached hydrogen (secondary N) is 1. The molecule has 0 saturated carbocycles. The second-order valence-electron chi connectivity index (χ2n) is 5.01. The van der Waals surface area contributed by atoms with E-state index in [0.717, 1.165) is 18.2 Å². The Morgan fingerprint density at radius 1 is 1.26 bits per heavy atom. The first kappa shape index (κ1) is 15.2. The summed E-state index contributed by atoms with van der Waals surface area (Å²) in [6.07, 6.45) is 0. The van der Waals surface area contributed by atoms with Crippen molar-refractivity contribution in [1.82, 2.24) is 5.48 Å². The third-order valence-corrected chi connectivity index (χ3v) is 2.24. The van der Waals surface area contributed by atoms with Crippen molar-refractivity contribution < 1.29 is 23.2 Å². The van der Waals surface area contributed by atoms with Crippen molar-refractivity contribution in [2.24, 2.45) is 5.41 Å². The van der Waals surface area contributed by atoms with Gasteiger partial charge in [-0.2, -0.15) is 0 Å². The van der Waals surface area contributed by atoms with Gasteiger partial charge in [0.1, 0.15) is 11.6 Å². The predicted octanol–water partition coefficient (Wildman–Crippen LogP) is 2.24. The van der Waals surface area contributed by atoms with Gasteiger partial charge in [0.25, 0.3) is 0 Å². The van der Waals surface area contributed by atoms with Crippen LogP contribution in [0.1, 0.15) is 31.1 Å². The fraction of sp³-hybridized carbons (Fsp3) is 0.385. The van der Waals surface area contributed by atoms with Gasteiger partial charge in [-0.3, -0.25) is 4.79 Å². The quantitative estimate of drug-likeness (QED) is 0.674. The lowest BCUT2D eigenvalue weighted by Crippen LogP contribution is -2.32. The number of rotatable bonds is 4. The molecule has 1 aromatic carbocycles. The van der Waals surface area contributed by atoms with Crippen LogP contribution >= 0.6 is 0 Å². The number of Topliss-reactive ketones (excluding diaryl/α,β-unsaturated/α-hetero) is 1. The highest BCUT2D eigenvalue weighted by molar-refractivity contribution is 5.97. The Bertz CT molecular complexity index is 495. The van der Waals surface area contributed by atoms with Gasteiger partial charge in [0.05, 0.1) is 17.5 Å². The third-order valence-electron chi connectivity index (χ3n) is 2.24. The highest BCUT2D eigenvalue weighted by Crippen LogP contribution is 2.14. The maximum absolute atomic E-state index is 13.3. The monoisotopic (exact) mass is 271 g/mol. The van der Waals surface area contributed by atoms with Crippen molar-refractivity contribution in [3.8, 4) is 0 Å². The van der Waals surface area contributed by atoms with E-state index >= 15 is 0 Å². The van der Waals surface area contributed by atoms with E-state index < -0.39 is 35.3 Å². The van der Waals surface area contributed by atoms with Gasteiger partial charge >= 0.3 is 5.97 Å². The molecule has 19 heavy (non-hydrogen) atoms. The maximum atomic E-state index is 13.3. The Balaban J connectivity index is 2.57. The molecule has 0 aliphatic heterocycles. The lowest BCUT2D eigenvalue weighted by atomic mass is 9.98. The number of halogens is 2. The van der Waals surface area contributed by atoms with E-state index in [2.05, 4.69) is 10.3 Å². The number of carbonyl (C=O) groups excluding carboxylic acids is 2. The summed E-state index contributed by atoms with van der Waals surface area (Å²) in [6.45, 7) is 4.50. The van der Waals surface area contributed by atoms with Crippen LogP contribution in [0.25, 0.3) is 0 Å².